The first-order chi connectivity index (χ1) is 8.52. The molecule has 1 rings (SSSR count). The molecule has 1 atom stereocenters. The molecule has 6 heteroatoms. The quantitative estimate of drug-likeness (QED) is 0.804. The monoisotopic (exact) mass is 270 g/mol. The van der Waals surface area contributed by atoms with Crippen molar-refractivity contribution in [3.05, 3.63) is 21.9 Å². The predicted molar refractivity (Wildman–Crippen MR) is 70.6 cm³/mol. The van der Waals surface area contributed by atoms with Crippen LogP contribution in [-0.4, -0.2) is 25.2 Å². The van der Waals surface area contributed by atoms with Gasteiger partial charge in [0.15, 0.2) is 0 Å². The number of rotatable bonds is 5. The van der Waals surface area contributed by atoms with Crippen molar-refractivity contribution >= 4 is 23.3 Å². The fourth-order valence-corrected chi connectivity index (χ4v) is 2.25. The molecule has 0 fully saturated rings. The second-order valence-electron chi connectivity index (χ2n) is 3.80. The Balaban J connectivity index is 2.34. The summed E-state index contributed by atoms with van der Waals surface area (Å²) in [4.78, 5) is 24.8. The van der Waals surface area contributed by atoms with Crippen molar-refractivity contribution in [1.29, 1.82) is 0 Å². The number of hydrogen-bond acceptors (Lipinski definition) is 4. The van der Waals surface area contributed by atoms with Gasteiger partial charge in [0.05, 0.1) is 12.6 Å². The summed E-state index contributed by atoms with van der Waals surface area (Å²) in [5.74, 6) is -0.438. The van der Waals surface area contributed by atoms with Crippen molar-refractivity contribution in [3.63, 3.8) is 0 Å². The summed E-state index contributed by atoms with van der Waals surface area (Å²) in [7, 11) is 0. The minimum Gasteiger partial charge on any atom is -0.465 e. The van der Waals surface area contributed by atoms with Gasteiger partial charge in [-0.1, -0.05) is 0 Å². The molecular weight excluding hydrogens is 252 g/mol. The van der Waals surface area contributed by atoms with Crippen LogP contribution in [0.25, 0.3) is 0 Å². The molecule has 1 heterocycles. The summed E-state index contributed by atoms with van der Waals surface area (Å²) >= 11 is 1.64. The number of urea groups is 1. The molecule has 1 unspecified atom stereocenters. The maximum atomic E-state index is 11.5. The Hall–Kier alpha value is -1.56. The van der Waals surface area contributed by atoms with E-state index >= 15 is 0 Å². The van der Waals surface area contributed by atoms with Gasteiger partial charge in [0.1, 0.15) is 6.54 Å². The number of ether oxygens (including phenoxy) is 1. The van der Waals surface area contributed by atoms with Crippen LogP contribution in [0.4, 0.5) is 4.79 Å². The van der Waals surface area contributed by atoms with Crippen molar-refractivity contribution in [2.24, 2.45) is 0 Å². The van der Waals surface area contributed by atoms with E-state index in [1.807, 2.05) is 26.0 Å². The second kappa shape index (κ2) is 7.00. The van der Waals surface area contributed by atoms with Crippen molar-refractivity contribution in [3.8, 4) is 0 Å². The lowest BCUT2D eigenvalue weighted by Crippen LogP contribution is -2.39. The topological polar surface area (TPSA) is 67.4 Å². The van der Waals surface area contributed by atoms with Gasteiger partial charge < -0.3 is 15.4 Å². The highest BCUT2D eigenvalue weighted by atomic mass is 32.1. The van der Waals surface area contributed by atoms with Crippen LogP contribution in [-0.2, 0) is 9.53 Å². The first kappa shape index (κ1) is 14.5. The zero-order chi connectivity index (χ0) is 13.5. The van der Waals surface area contributed by atoms with Gasteiger partial charge in [-0.2, -0.15) is 0 Å². The molecule has 0 aromatic carbocycles. The van der Waals surface area contributed by atoms with Crippen molar-refractivity contribution < 1.29 is 14.3 Å². The van der Waals surface area contributed by atoms with E-state index in [1.165, 1.54) is 4.88 Å². The minimum absolute atomic E-state index is 0.0779. The van der Waals surface area contributed by atoms with E-state index in [0.717, 1.165) is 4.88 Å². The fraction of sp³-hybridized carbons (Fsp3) is 0.500. The average Bonchev–Trinajstić information content (AvgIpc) is 2.74. The molecule has 0 aliphatic heterocycles. The minimum atomic E-state index is -0.438. The Bertz CT molecular complexity index is 417. The summed E-state index contributed by atoms with van der Waals surface area (Å²) in [5.41, 5.74) is 0. The van der Waals surface area contributed by atoms with Gasteiger partial charge in [-0.25, -0.2) is 4.79 Å². The van der Waals surface area contributed by atoms with E-state index in [2.05, 4.69) is 10.6 Å². The maximum Gasteiger partial charge on any atom is 0.325 e. The third-order valence-corrected chi connectivity index (χ3v) is 3.42. The Kier molecular flexibility index (Phi) is 5.64. The molecule has 2 amide bonds. The van der Waals surface area contributed by atoms with Crippen LogP contribution in [0.15, 0.2) is 12.1 Å². The Morgan fingerprint density at radius 3 is 2.72 bits per heavy atom. The summed E-state index contributed by atoms with van der Waals surface area (Å²) in [6, 6.07) is 3.54. The highest BCUT2D eigenvalue weighted by Gasteiger charge is 2.12. The SMILES string of the molecule is CCOC(=O)CNC(=O)NC(C)c1ccc(C)s1. The van der Waals surface area contributed by atoms with Crippen LogP contribution in [0.2, 0.25) is 0 Å². The van der Waals surface area contributed by atoms with Crippen LogP contribution in [0.1, 0.15) is 29.6 Å². The number of amides is 2. The lowest BCUT2D eigenvalue weighted by atomic mass is 10.3. The second-order valence-corrected chi connectivity index (χ2v) is 5.12. The molecule has 5 nitrogen and oxygen atoms in total. The highest BCUT2D eigenvalue weighted by Crippen LogP contribution is 2.21. The Morgan fingerprint density at radius 1 is 1.44 bits per heavy atom. The zero-order valence-electron chi connectivity index (χ0n) is 10.8. The van der Waals surface area contributed by atoms with Gasteiger partial charge in [-0.3, -0.25) is 4.79 Å². The normalized spacial score (nSPS) is 11.7. The fourth-order valence-electron chi connectivity index (χ4n) is 1.37. The molecule has 0 bridgehead atoms. The molecule has 1 aromatic rings. The van der Waals surface area contributed by atoms with Crippen LogP contribution in [0.3, 0.4) is 0 Å². The average molecular weight is 270 g/mol. The number of carbonyl (C=O) groups excluding carboxylic acids is 2. The third-order valence-electron chi connectivity index (χ3n) is 2.23. The summed E-state index contributed by atoms with van der Waals surface area (Å²) in [6.07, 6.45) is 0. The van der Waals surface area contributed by atoms with Crippen LogP contribution >= 0.6 is 11.3 Å². The van der Waals surface area contributed by atoms with E-state index < -0.39 is 5.97 Å². The summed E-state index contributed by atoms with van der Waals surface area (Å²) in [5, 5.41) is 5.21. The molecule has 18 heavy (non-hydrogen) atoms. The number of nitrogens with one attached hydrogen (secondary N) is 2. The van der Waals surface area contributed by atoms with Gasteiger partial charge in [0, 0.05) is 9.75 Å². The van der Waals surface area contributed by atoms with Crippen molar-refractivity contribution in [2.45, 2.75) is 26.8 Å². The van der Waals surface area contributed by atoms with E-state index in [0.29, 0.717) is 6.61 Å². The van der Waals surface area contributed by atoms with Gasteiger partial charge in [-0.05, 0) is 32.9 Å². The predicted octanol–water partition coefficient (Wildman–Crippen LogP) is 1.98. The standard InChI is InChI=1S/C12H18N2O3S/c1-4-17-11(15)7-13-12(16)14-9(3)10-6-5-8(2)18-10/h5-6,9H,4,7H2,1-3H3,(H2,13,14,16). The molecular formula is C12H18N2O3S. The van der Waals surface area contributed by atoms with E-state index in [-0.39, 0.29) is 18.6 Å². The number of thiophene rings is 1. The third kappa shape index (κ3) is 4.75. The molecule has 0 saturated heterocycles. The molecule has 0 aliphatic carbocycles. The van der Waals surface area contributed by atoms with Gasteiger partial charge >= 0.3 is 12.0 Å². The Morgan fingerprint density at radius 2 is 2.17 bits per heavy atom. The number of hydrogen-bond donors (Lipinski definition) is 2. The van der Waals surface area contributed by atoms with Crippen molar-refractivity contribution in [1.82, 2.24) is 10.6 Å². The van der Waals surface area contributed by atoms with Crippen LogP contribution < -0.4 is 10.6 Å². The first-order valence-electron chi connectivity index (χ1n) is 5.79. The van der Waals surface area contributed by atoms with Crippen LogP contribution in [0, 0.1) is 6.92 Å². The molecule has 1 aromatic heterocycles. The molecule has 0 aliphatic rings. The molecule has 2 N–H and O–H groups in total. The summed E-state index contributed by atoms with van der Waals surface area (Å²) in [6.45, 7) is 5.83. The van der Waals surface area contributed by atoms with Gasteiger partial charge in [0.2, 0.25) is 0 Å². The van der Waals surface area contributed by atoms with E-state index in [1.54, 1.807) is 18.3 Å². The summed E-state index contributed by atoms with van der Waals surface area (Å²) < 4.78 is 4.71. The Labute approximate surface area is 111 Å². The van der Waals surface area contributed by atoms with Gasteiger partial charge in [0.25, 0.3) is 0 Å². The highest BCUT2D eigenvalue weighted by molar-refractivity contribution is 7.12. The first-order valence-corrected chi connectivity index (χ1v) is 6.61. The number of carbonyl (C=O) groups is 2. The van der Waals surface area contributed by atoms with E-state index in [9.17, 15) is 9.59 Å². The lowest BCUT2D eigenvalue weighted by Gasteiger charge is -2.12. The zero-order valence-corrected chi connectivity index (χ0v) is 11.6. The smallest absolute Gasteiger partial charge is 0.325 e. The molecule has 100 valence electrons. The number of esters is 1. The van der Waals surface area contributed by atoms with E-state index in [4.69, 9.17) is 4.74 Å². The molecule has 0 radical (unpaired) electrons. The number of aryl methyl sites for hydroxylation is 1. The van der Waals surface area contributed by atoms with Crippen molar-refractivity contribution in [2.75, 3.05) is 13.2 Å². The largest absolute Gasteiger partial charge is 0.465 e. The maximum absolute atomic E-state index is 11.5. The van der Waals surface area contributed by atoms with Crippen LogP contribution in [0.5, 0.6) is 0 Å². The molecule has 0 saturated carbocycles. The lowest BCUT2D eigenvalue weighted by molar-refractivity contribution is -0.141. The van der Waals surface area contributed by atoms with Gasteiger partial charge in [-0.15, -0.1) is 11.3 Å². The molecule has 0 spiro atoms.